The van der Waals surface area contributed by atoms with E-state index in [9.17, 15) is 9.90 Å². The smallest absolute Gasteiger partial charge is 0.347 e. The maximum Gasteiger partial charge on any atom is 0.347 e. The lowest BCUT2D eigenvalue weighted by Gasteiger charge is -2.23. The molecule has 0 radical (unpaired) electrons. The fourth-order valence-electron chi connectivity index (χ4n) is 3.26. The van der Waals surface area contributed by atoms with E-state index in [4.69, 9.17) is 20.8 Å². The molecule has 0 aliphatic rings. The Morgan fingerprint density at radius 1 is 1.03 bits per heavy atom. The van der Waals surface area contributed by atoms with Crippen LogP contribution in [0.5, 0.6) is 5.75 Å². The Kier molecular flexibility index (Phi) is 6.06. The van der Waals surface area contributed by atoms with Crippen molar-refractivity contribution in [1.29, 1.82) is 0 Å². The van der Waals surface area contributed by atoms with Gasteiger partial charge >= 0.3 is 5.97 Å². The number of oxazole rings is 1. The van der Waals surface area contributed by atoms with Crippen LogP contribution in [0.2, 0.25) is 5.02 Å². The van der Waals surface area contributed by atoms with Gasteiger partial charge in [0.25, 0.3) is 6.01 Å². The van der Waals surface area contributed by atoms with E-state index in [-0.39, 0.29) is 0 Å². The second-order valence-electron chi connectivity index (χ2n) is 8.01. The second-order valence-corrected chi connectivity index (χ2v) is 8.45. The second kappa shape index (κ2) is 8.93. The number of benzene rings is 3. The van der Waals surface area contributed by atoms with Crippen LogP contribution in [0, 0.1) is 0 Å². The Morgan fingerprint density at radius 3 is 2.47 bits per heavy atom. The molecule has 0 amide bonds. The largest absolute Gasteiger partial charge is 0.478 e. The Labute approximate surface area is 191 Å². The first-order chi connectivity index (χ1) is 15.3. The van der Waals surface area contributed by atoms with E-state index in [0.717, 1.165) is 16.6 Å². The van der Waals surface area contributed by atoms with E-state index in [1.807, 2.05) is 71.6 Å². The van der Waals surface area contributed by atoms with Crippen LogP contribution in [0.1, 0.15) is 25.0 Å². The number of para-hydroxylation sites is 2. The summed E-state index contributed by atoms with van der Waals surface area (Å²) < 4.78 is 11.7. The van der Waals surface area contributed by atoms with Crippen molar-refractivity contribution in [2.24, 2.45) is 0 Å². The molecular weight excluding hydrogens is 428 g/mol. The number of carboxylic acids is 1. The molecule has 0 spiro atoms. The molecule has 32 heavy (non-hydrogen) atoms. The summed E-state index contributed by atoms with van der Waals surface area (Å²) in [5, 5.41) is 10.0. The lowest BCUT2D eigenvalue weighted by atomic mass is 10.1. The lowest BCUT2D eigenvalue weighted by Crippen LogP contribution is -2.37. The number of hydrogen-bond donors (Lipinski definition) is 1. The monoisotopic (exact) mass is 450 g/mol. The number of rotatable bonds is 8. The Balaban J connectivity index is 1.63. The van der Waals surface area contributed by atoms with Gasteiger partial charge in [0.1, 0.15) is 11.3 Å². The van der Waals surface area contributed by atoms with Gasteiger partial charge in [-0.15, -0.1) is 0 Å². The highest BCUT2D eigenvalue weighted by molar-refractivity contribution is 6.30. The minimum atomic E-state index is -1.33. The topological polar surface area (TPSA) is 75.8 Å². The quantitative estimate of drug-likeness (QED) is 0.358. The van der Waals surface area contributed by atoms with Crippen molar-refractivity contribution in [1.82, 2.24) is 4.98 Å². The van der Waals surface area contributed by atoms with Crippen molar-refractivity contribution < 1.29 is 19.1 Å². The average Bonchev–Trinajstić information content (AvgIpc) is 3.19. The Morgan fingerprint density at radius 2 is 1.75 bits per heavy atom. The first-order valence-electron chi connectivity index (χ1n) is 10.2. The molecule has 4 rings (SSSR count). The lowest BCUT2D eigenvalue weighted by molar-refractivity contribution is -0.152. The zero-order valence-corrected chi connectivity index (χ0v) is 18.5. The number of hydrogen-bond acceptors (Lipinski definition) is 5. The van der Waals surface area contributed by atoms with Gasteiger partial charge in [-0.25, -0.2) is 4.79 Å². The number of nitrogens with zero attached hydrogens (tertiary/aromatic N) is 2. The molecule has 1 N–H and O–H groups in total. The molecule has 1 heterocycles. The van der Waals surface area contributed by atoms with E-state index in [1.165, 1.54) is 13.8 Å². The molecule has 3 aromatic carbocycles. The van der Waals surface area contributed by atoms with Crippen LogP contribution in [0.25, 0.3) is 11.1 Å². The number of aliphatic carboxylic acids is 1. The molecule has 164 valence electrons. The summed E-state index contributed by atoms with van der Waals surface area (Å²) in [6.07, 6.45) is 0. The number of anilines is 1. The maximum atomic E-state index is 11.4. The molecule has 4 aromatic rings. The van der Waals surface area contributed by atoms with Crippen molar-refractivity contribution in [3.63, 3.8) is 0 Å². The van der Waals surface area contributed by atoms with Crippen LogP contribution in [-0.2, 0) is 17.9 Å². The van der Waals surface area contributed by atoms with Gasteiger partial charge in [-0.1, -0.05) is 48.0 Å². The summed E-state index contributed by atoms with van der Waals surface area (Å²) in [4.78, 5) is 18.1. The molecule has 0 aliphatic heterocycles. The zero-order chi connectivity index (χ0) is 22.7. The highest BCUT2D eigenvalue weighted by atomic mass is 35.5. The molecule has 0 bridgehead atoms. The summed E-state index contributed by atoms with van der Waals surface area (Å²) in [6, 6.07) is 23.1. The summed E-state index contributed by atoms with van der Waals surface area (Å²) in [5.74, 6) is -0.544. The van der Waals surface area contributed by atoms with Gasteiger partial charge < -0.3 is 19.2 Å². The van der Waals surface area contributed by atoms with E-state index < -0.39 is 11.6 Å². The SMILES string of the molecule is CC(C)(Oc1cccc(CN(Cc2ccc(Cl)cc2)c2nc3ccccc3o2)c1)C(=O)O. The predicted octanol–water partition coefficient (Wildman–Crippen LogP) is 5.93. The molecule has 0 atom stereocenters. The fraction of sp³-hybridized carbons (Fsp3) is 0.200. The van der Waals surface area contributed by atoms with E-state index in [0.29, 0.717) is 35.5 Å². The third-order valence-electron chi connectivity index (χ3n) is 5.00. The maximum absolute atomic E-state index is 11.4. The van der Waals surface area contributed by atoms with Crippen LogP contribution < -0.4 is 9.64 Å². The normalized spacial score (nSPS) is 11.5. The molecule has 6 nitrogen and oxygen atoms in total. The third kappa shape index (κ3) is 5.03. The first-order valence-corrected chi connectivity index (χ1v) is 10.5. The molecule has 0 saturated heterocycles. The number of carboxylic acid groups (broad SMARTS) is 1. The molecule has 0 saturated carbocycles. The molecule has 0 fully saturated rings. The van der Waals surface area contributed by atoms with Gasteiger partial charge in [0.2, 0.25) is 0 Å². The summed E-state index contributed by atoms with van der Waals surface area (Å²) >= 11 is 6.04. The van der Waals surface area contributed by atoms with Gasteiger partial charge in [-0.2, -0.15) is 4.98 Å². The zero-order valence-electron chi connectivity index (χ0n) is 17.8. The standard InChI is InChI=1S/C25H23ClN2O4/c1-25(2,23(29)30)32-20-7-5-6-18(14-20)16-28(15-17-10-12-19(26)13-11-17)24-27-21-8-3-4-9-22(21)31-24/h3-14H,15-16H2,1-2H3,(H,29,30). The van der Waals surface area contributed by atoms with Gasteiger partial charge in [0.15, 0.2) is 11.2 Å². The molecule has 1 aromatic heterocycles. The van der Waals surface area contributed by atoms with Crippen LogP contribution in [0.3, 0.4) is 0 Å². The third-order valence-corrected chi connectivity index (χ3v) is 5.25. The minimum absolute atomic E-state index is 0.485. The van der Waals surface area contributed by atoms with Crippen LogP contribution in [0.15, 0.2) is 77.2 Å². The van der Waals surface area contributed by atoms with Gasteiger partial charge in [-0.05, 0) is 61.4 Å². The molecule has 0 aliphatic carbocycles. The molecular formula is C25H23ClN2O4. The summed E-state index contributed by atoms with van der Waals surface area (Å²) in [6.45, 7) is 4.08. The fourth-order valence-corrected chi connectivity index (χ4v) is 3.39. The van der Waals surface area contributed by atoms with Crippen LogP contribution in [0.4, 0.5) is 6.01 Å². The number of carbonyl (C=O) groups is 1. The van der Waals surface area contributed by atoms with Crippen molar-refractivity contribution in [3.05, 3.63) is 88.9 Å². The van der Waals surface area contributed by atoms with Crippen molar-refractivity contribution in [2.75, 3.05) is 4.90 Å². The highest BCUT2D eigenvalue weighted by Gasteiger charge is 2.29. The Hall–Kier alpha value is -3.51. The first kappa shape index (κ1) is 21.7. The van der Waals surface area contributed by atoms with E-state index in [2.05, 4.69) is 4.98 Å². The van der Waals surface area contributed by atoms with Gasteiger partial charge in [0.05, 0.1) is 0 Å². The van der Waals surface area contributed by atoms with Crippen molar-refractivity contribution in [3.8, 4) is 5.75 Å². The number of aromatic nitrogens is 1. The van der Waals surface area contributed by atoms with Crippen LogP contribution >= 0.6 is 11.6 Å². The van der Waals surface area contributed by atoms with Gasteiger partial charge in [0, 0.05) is 18.1 Å². The number of halogens is 1. The van der Waals surface area contributed by atoms with Crippen LogP contribution in [-0.4, -0.2) is 21.7 Å². The van der Waals surface area contributed by atoms with E-state index >= 15 is 0 Å². The average molecular weight is 451 g/mol. The highest BCUT2D eigenvalue weighted by Crippen LogP contribution is 2.27. The minimum Gasteiger partial charge on any atom is -0.478 e. The van der Waals surface area contributed by atoms with Crippen molar-refractivity contribution >= 4 is 34.7 Å². The van der Waals surface area contributed by atoms with Crippen molar-refractivity contribution in [2.45, 2.75) is 32.5 Å². The van der Waals surface area contributed by atoms with Gasteiger partial charge in [-0.3, -0.25) is 0 Å². The number of ether oxygens (including phenoxy) is 1. The van der Waals surface area contributed by atoms with E-state index in [1.54, 1.807) is 6.07 Å². The summed E-state index contributed by atoms with van der Waals surface area (Å²) in [5.41, 5.74) is 2.14. The number of fused-ring (bicyclic) bond motifs is 1. The molecule has 0 unspecified atom stereocenters. The predicted molar refractivity (Wildman–Crippen MR) is 124 cm³/mol. The Bertz CT molecular complexity index is 1200. The summed E-state index contributed by atoms with van der Waals surface area (Å²) in [7, 11) is 0. The molecule has 7 heteroatoms.